The van der Waals surface area contributed by atoms with Crippen LogP contribution >= 0.6 is 0 Å². The molecule has 15 heavy (non-hydrogen) atoms. The molecule has 0 unspecified atom stereocenters. The van der Waals surface area contributed by atoms with E-state index in [1.54, 1.807) is 6.07 Å². The molecular formula is C13H18FN. The van der Waals surface area contributed by atoms with Gasteiger partial charge in [0.25, 0.3) is 0 Å². The van der Waals surface area contributed by atoms with Crippen LogP contribution in [0, 0.1) is 12.7 Å². The third kappa shape index (κ3) is 4.26. The molecule has 0 aliphatic rings. The lowest BCUT2D eigenvalue weighted by Gasteiger charge is -2.06. The van der Waals surface area contributed by atoms with Gasteiger partial charge in [0.15, 0.2) is 0 Å². The number of rotatable bonds is 5. The lowest BCUT2D eigenvalue weighted by molar-refractivity contribution is 0.625. The highest BCUT2D eigenvalue weighted by atomic mass is 19.1. The number of benzene rings is 1. The predicted molar refractivity (Wildman–Crippen MR) is 62.5 cm³/mol. The highest BCUT2D eigenvalue weighted by Gasteiger charge is 1.98. The van der Waals surface area contributed by atoms with Crippen molar-refractivity contribution in [2.24, 2.45) is 0 Å². The van der Waals surface area contributed by atoms with Gasteiger partial charge in [0, 0.05) is 6.54 Å². The van der Waals surface area contributed by atoms with E-state index in [-0.39, 0.29) is 5.82 Å². The maximum absolute atomic E-state index is 12.8. The van der Waals surface area contributed by atoms with Crippen molar-refractivity contribution in [3.63, 3.8) is 0 Å². The summed E-state index contributed by atoms with van der Waals surface area (Å²) in [6.45, 7) is 5.78. The van der Waals surface area contributed by atoms with Gasteiger partial charge in [-0.05, 0) is 50.1 Å². The Hall–Kier alpha value is -1.15. The first-order chi connectivity index (χ1) is 7.24. The fourth-order valence-electron chi connectivity index (χ4n) is 1.47. The van der Waals surface area contributed by atoms with Gasteiger partial charge in [-0.3, -0.25) is 0 Å². The molecule has 0 amide bonds. The van der Waals surface area contributed by atoms with Crippen molar-refractivity contribution in [2.45, 2.75) is 20.3 Å². The molecule has 0 aliphatic carbocycles. The lowest BCUT2D eigenvalue weighted by Crippen LogP contribution is -2.17. The molecule has 0 saturated heterocycles. The molecule has 0 heterocycles. The molecule has 82 valence electrons. The van der Waals surface area contributed by atoms with Gasteiger partial charge in [0.2, 0.25) is 0 Å². The maximum atomic E-state index is 12.8. The fourth-order valence-corrected chi connectivity index (χ4v) is 1.47. The molecule has 2 heteroatoms. The fraction of sp³-hybridized carbons (Fsp3) is 0.385. The van der Waals surface area contributed by atoms with Crippen LogP contribution in [0.2, 0.25) is 0 Å². The van der Waals surface area contributed by atoms with E-state index < -0.39 is 0 Å². The largest absolute Gasteiger partial charge is 0.313 e. The summed E-state index contributed by atoms with van der Waals surface area (Å²) in [7, 11) is 0. The molecular weight excluding hydrogens is 189 g/mol. The zero-order valence-corrected chi connectivity index (χ0v) is 9.39. The first-order valence-corrected chi connectivity index (χ1v) is 5.31. The Bertz CT molecular complexity index is 331. The van der Waals surface area contributed by atoms with Gasteiger partial charge in [-0.15, -0.1) is 0 Å². The van der Waals surface area contributed by atoms with E-state index in [4.69, 9.17) is 0 Å². The summed E-state index contributed by atoms with van der Waals surface area (Å²) < 4.78 is 12.8. The van der Waals surface area contributed by atoms with Gasteiger partial charge in [0.1, 0.15) is 5.82 Å². The Balaban J connectivity index is 2.37. The summed E-state index contributed by atoms with van der Waals surface area (Å²) in [5, 5.41) is 3.30. The van der Waals surface area contributed by atoms with Gasteiger partial charge < -0.3 is 5.32 Å². The third-order valence-electron chi connectivity index (χ3n) is 2.37. The van der Waals surface area contributed by atoms with Crippen LogP contribution in [0.15, 0.2) is 30.4 Å². The Morgan fingerprint density at radius 3 is 2.87 bits per heavy atom. The summed E-state index contributed by atoms with van der Waals surface area (Å²) in [6, 6.07) is 4.97. The number of nitrogens with one attached hydrogen (secondary N) is 1. The SMILES string of the molecule is C/C=C/CNCCc1ccc(F)cc1C. The molecule has 0 bridgehead atoms. The Kier molecular flexibility index (Phi) is 5.05. The standard InChI is InChI=1S/C13H18FN/c1-3-4-8-15-9-7-12-5-6-13(14)10-11(12)2/h3-6,10,15H,7-9H2,1-2H3/b4-3+. The van der Waals surface area contributed by atoms with Gasteiger partial charge >= 0.3 is 0 Å². The summed E-state index contributed by atoms with van der Waals surface area (Å²) in [4.78, 5) is 0. The molecule has 0 saturated carbocycles. The van der Waals surface area contributed by atoms with Crippen LogP contribution in [0.4, 0.5) is 4.39 Å². The second kappa shape index (κ2) is 6.36. The van der Waals surface area contributed by atoms with Crippen molar-refractivity contribution in [2.75, 3.05) is 13.1 Å². The number of aryl methyl sites for hydroxylation is 1. The normalized spacial score (nSPS) is 11.1. The minimum Gasteiger partial charge on any atom is -0.313 e. The first-order valence-electron chi connectivity index (χ1n) is 5.31. The average molecular weight is 207 g/mol. The van der Waals surface area contributed by atoms with Crippen LogP contribution in [-0.2, 0) is 6.42 Å². The summed E-state index contributed by atoms with van der Waals surface area (Å²) in [5.74, 6) is -0.155. The molecule has 0 radical (unpaired) electrons. The summed E-state index contributed by atoms with van der Waals surface area (Å²) in [5.41, 5.74) is 2.24. The molecule has 1 N–H and O–H groups in total. The van der Waals surface area contributed by atoms with Crippen molar-refractivity contribution in [1.29, 1.82) is 0 Å². The number of allylic oxidation sites excluding steroid dienone is 1. The number of hydrogen-bond donors (Lipinski definition) is 1. The van der Waals surface area contributed by atoms with E-state index in [9.17, 15) is 4.39 Å². The highest BCUT2D eigenvalue weighted by Crippen LogP contribution is 2.10. The van der Waals surface area contributed by atoms with E-state index >= 15 is 0 Å². The van der Waals surface area contributed by atoms with E-state index in [1.807, 2.05) is 26.0 Å². The van der Waals surface area contributed by atoms with Crippen LogP contribution < -0.4 is 5.32 Å². The predicted octanol–water partition coefficient (Wildman–Crippen LogP) is 2.84. The summed E-state index contributed by atoms with van der Waals surface area (Å²) in [6.07, 6.45) is 5.05. The molecule has 0 fully saturated rings. The van der Waals surface area contributed by atoms with Crippen molar-refractivity contribution in [1.82, 2.24) is 5.32 Å². The summed E-state index contributed by atoms with van der Waals surface area (Å²) >= 11 is 0. The smallest absolute Gasteiger partial charge is 0.123 e. The number of hydrogen-bond acceptors (Lipinski definition) is 1. The topological polar surface area (TPSA) is 12.0 Å². The monoisotopic (exact) mass is 207 g/mol. The highest BCUT2D eigenvalue weighted by molar-refractivity contribution is 5.26. The van der Waals surface area contributed by atoms with Gasteiger partial charge in [-0.2, -0.15) is 0 Å². The third-order valence-corrected chi connectivity index (χ3v) is 2.37. The Labute approximate surface area is 91.0 Å². The molecule has 0 aliphatic heterocycles. The van der Waals surface area contributed by atoms with Crippen molar-refractivity contribution < 1.29 is 4.39 Å². The molecule has 1 aromatic carbocycles. The van der Waals surface area contributed by atoms with Crippen LogP contribution in [0.25, 0.3) is 0 Å². The Morgan fingerprint density at radius 2 is 2.20 bits per heavy atom. The second-order valence-electron chi connectivity index (χ2n) is 3.59. The van der Waals surface area contributed by atoms with E-state index in [2.05, 4.69) is 11.4 Å². The molecule has 0 atom stereocenters. The van der Waals surface area contributed by atoms with Crippen molar-refractivity contribution in [3.8, 4) is 0 Å². The number of halogens is 1. The average Bonchev–Trinajstić information content (AvgIpc) is 2.20. The minimum atomic E-state index is -0.155. The molecule has 1 aromatic rings. The van der Waals surface area contributed by atoms with Crippen molar-refractivity contribution in [3.05, 3.63) is 47.3 Å². The van der Waals surface area contributed by atoms with Gasteiger partial charge in [-0.25, -0.2) is 4.39 Å². The Morgan fingerprint density at radius 1 is 1.40 bits per heavy atom. The van der Waals surface area contributed by atoms with Crippen LogP contribution in [0.1, 0.15) is 18.1 Å². The van der Waals surface area contributed by atoms with Gasteiger partial charge in [-0.1, -0.05) is 18.2 Å². The zero-order valence-electron chi connectivity index (χ0n) is 9.39. The molecule has 0 aromatic heterocycles. The molecule has 1 rings (SSSR count). The van der Waals surface area contributed by atoms with Crippen LogP contribution in [0.3, 0.4) is 0 Å². The van der Waals surface area contributed by atoms with Gasteiger partial charge in [0.05, 0.1) is 0 Å². The van der Waals surface area contributed by atoms with Crippen LogP contribution in [-0.4, -0.2) is 13.1 Å². The van der Waals surface area contributed by atoms with Crippen molar-refractivity contribution >= 4 is 0 Å². The first kappa shape index (κ1) is 11.9. The van der Waals surface area contributed by atoms with Crippen LogP contribution in [0.5, 0.6) is 0 Å². The second-order valence-corrected chi connectivity index (χ2v) is 3.59. The lowest BCUT2D eigenvalue weighted by atomic mass is 10.1. The maximum Gasteiger partial charge on any atom is 0.123 e. The molecule has 0 spiro atoms. The zero-order chi connectivity index (χ0) is 11.1. The van der Waals surface area contributed by atoms with E-state index in [1.165, 1.54) is 11.6 Å². The quantitative estimate of drug-likeness (QED) is 0.578. The molecule has 1 nitrogen and oxygen atoms in total. The minimum absolute atomic E-state index is 0.155. The van der Waals surface area contributed by atoms with E-state index in [0.29, 0.717) is 0 Å². The van der Waals surface area contributed by atoms with E-state index in [0.717, 1.165) is 25.1 Å².